The van der Waals surface area contributed by atoms with Crippen LogP contribution >= 0.6 is 0 Å². The Morgan fingerprint density at radius 2 is 1.83 bits per heavy atom. The predicted octanol–water partition coefficient (Wildman–Crippen LogP) is 6.00. The van der Waals surface area contributed by atoms with Crippen molar-refractivity contribution in [3.8, 4) is 16.9 Å². The molecular formula is C30H30FNO3. The number of rotatable bonds is 4. The molecule has 0 unspecified atom stereocenters. The van der Waals surface area contributed by atoms with Gasteiger partial charge in [0.15, 0.2) is 11.6 Å². The molecule has 0 N–H and O–H groups in total. The molecule has 2 aliphatic rings. The maximum Gasteiger partial charge on any atom is 0.258 e. The van der Waals surface area contributed by atoms with Crippen LogP contribution in [0.3, 0.4) is 0 Å². The lowest BCUT2D eigenvalue weighted by Gasteiger charge is -2.25. The number of aryl methyl sites for hydroxylation is 3. The molecular weight excluding hydrogens is 441 g/mol. The van der Waals surface area contributed by atoms with E-state index in [0.717, 1.165) is 74.9 Å². The summed E-state index contributed by atoms with van der Waals surface area (Å²) in [5.74, 6) is -0.0546. The van der Waals surface area contributed by atoms with E-state index in [2.05, 4.69) is 0 Å². The van der Waals surface area contributed by atoms with Crippen molar-refractivity contribution in [2.75, 3.05) is 18.1 Å². The molecule has 2 aliphatic heterocycles. The number of benzene rings is 3. The van der Waals surface area contributed by atoms with Crippen LogP contribution in [0.2, 0.25) is 0 Å². The van der Waals surface area contributed by atoms with Crippen molar-refractivity contribution in [3.05, 3.63) is 80.7 Å². The largest absolute Gasteiger partial charge is 0.490 e. The highest BCUT2D eigenvalue weighted by molar-refractivity contribution is 6.08. The van der Waals surface area contributed by atoms with Crippen molar-refractivity contribution < 1.29 is 18.7 Å². The van der Waals surface area contributed by atoms with E-state index in [4.69, 9.17) is 4.74 Å². The van der Waals surface area contributed by atoms with E-state index in [1.807, 2.05) is 56.9 Å². The molecule has 4 nitrogen and oxygen atoms in total. The van der Waals surface area contributed by atoms with Gasteiger partial charge < -0.3 is 14.4 Å². The molecule has 0 bridgehead atoms. The van der Waals surface area contributed by atoms with E-state index in [9.17, 15) is 9.59 Å². The molecule has 2 heterocycles. The number of nitrogens with zero attached hydrogens (tertiary/aromatic N) is 1. The molecule has 3 aromatic rings. The third-order valence-electron chi connectivity index (χ3n) is 7.61. The first-order valence-electron chi connectivity index (χ1n) is 12.2. The lowest BCUT2D eigenvalue weighted by molar-refractivity contribution is -0.107. The van der Waals surface area contributed by atoms with Gasteiger partial charge in [-0.25, -0.2) is 4.39 Å². The second-order valence-electron chi connectivity index (χ2n) is 9.71. The van der Waals surface area contributed by atoms with E-state index in [-0.39, 0.29) is 18.1 Å². The topological polar surface area (TPSA) is 46.6 Å². The summed E-state index contributed by atoms with van der Waals surface area (Å²) in [5, 5.41) is 0. The summed E-state index contributed by atoms with van der Waals surface area (Å²) in [6.07, 6.45) is 3.41. The number of carbonyl (C=O) groups excluding carboxylic acids is 2. The van der Waals surface area contributed by atoms with Crippen molar-refractivity contribution in [2.24, 2.45) is 0 Å². The zero-order valence-electron chi connectivity index (χ0n) is 20.8. The van der Waals surface area contributed by atoms with Gasteiger partial charge in [-0.3, -0.25) is 4.79 Å². The Hall–Kier alpha value is -3.47. The van der Waals surface area contributed by atoms with E-state index in [0.29, 0.717) is 30.9 Å². The summed E-state index contributed by atoms with van der Waals surface area (Å²) in [6.45, 7) is 9.09. The minimum atomic E-state index is -0.367. The van der Waals surface area contributed by atoms with Gasteiger partial charge in [-0.2, -0.15) is 0 Å². The number of aldehydes is 1. The van der Waals surface area contributed by atoms with Gasteiger partial charge in [0, 0.05) is 29.8 Å². The number of hydrogen-bond donors (Lipinski definition) is 0. The van der Waals surface area contributed by atoms with Gasteiger partial charge in [0.1, 0.15) is 6.29 Å². The van der Waals surface area contributed by atoms with Gasteiger partial charge in [-0.1, -0.05) is 6.07 Å². The van der Waals surface area contributed by atoms with Crippen LogP contribution in [0, 0.1) is 33.5 Å². The fourth-order valence-corrected chi connectivity index (χ4v) is 5.55. The normalized spacial score (nSPS) is 14.4. The Labute approximate surface area is 205 Å². The summed E-state index contributed by atoms with van der Waals surface area (Å²) in [6, 6.07) is 9.35. The Morgan fingerprint density at radius 3 is 2.57 bits per heavy atom. The smallest absolute Gasteiger partial charge is 0.258 e. The van der Waals surface area contributed by atoms with Gasteiger partial charge in [-0.05, 0) is 116 Å². The number of amides is 1. The first kappa shape index (κ1) is 23.3. The standard InChI is InChI=1S/C30H30FNO3/c1-17-7-8-21(14-18(17)2)30(34)32-11-9-24-27(32)15-19(3)22(10-12-33)28(24)25-16-26(31)29-23(20(25)4)6-5-13-35-29/h7-8,12,14-16H,5-6,9-11,13H2,1-4H3. The fraction of sp³-hybridized carbons (Fsp3) is 0.333. The zero-order valence-corrected chi connectivity index (χ0v) is 20.8. The molecule has 1 amide bonds. The maximum atomic E-state index is 15.2. The molecule has 0 spiro atoms. The van der Waals surface area contributed by atoms with Crippen LogP contribution in [0.5, 0.6) is 5.75 Å². The molecule has 3 aromatic carbocycles. The minimum absolute atomic E-state index is 0.0397. The van der Waals surface area contributed by atoms with Crippen LogP contribution in [-0.2, 0) is 24.1 Å². The number of ether oxygens (including phenoxy) is 1. The quantitative estimate of drug-likeness (QED) is 0.439. The summed E-state index contributed by atoms with van der Waals surface area (Å²) in [7, 11) is 0. The van der Waals surface area contributed by atoms with Gasteiger partial charge in [0.05, 0.1) is 6.61 Å². The third kappa shape index (κ3) is 3.83. The lowest BCUT2D eigenvalue weighted by Crippen LogP contribution is -2.29. The van der Waals surface area contributed by atoms with Crippen molar-refractivity contribution in [1.29, 1.82) is 0 Å². The average molecular weight is 472 g/mol. The Kier molecular flexibility index (Phi) is 5.96. The number of fused-ring (bicyclic) bond motifs is 2. The van der Waals surface area contributed by atoms with Gasteiger partial charge >= 0.3 is 0 Å². The van der Waals surface area contributed by atoms with Crippen LogP contribution in [0.15, 0.2) is 30.3 Å². The van der Waals surface area contributed by atoms with Crippen LogP contribution in [0.25, 0.3) is 11.1 Å². The summed E-state index contributed by atoms with van der Waals surface area (Å²) < 4.78 is 20.9. The van der Waals surface area contributed by atoms with Gasteiger partial charge in [0.25, 0.3) is 5.91 Å². The van der Waals surface area contributed by atoms with Crippen molar-refractivity contribution >= 4 is 17.9 Å². The van der Waals surface area contributed by atoms with E-state index in [1.165, 1.54) is 0 Å². The summed E-state index contributed by atoms with van der Waals surface area (Å²) in [5.41, 5.74) is 10.1. The summed E-state index contributed by atoms with van der Waals surface area (Å²) >= 11 is 0. The summed E-state index contributed by atoms with van der Waals surface area (Å²) in [4.78, 5) is 27.0. The van der Waals surface area contributed by atoms with Gasteiger partial charge in [-0.15, -0.1) is 0 Å². The molecule has 0 saturated carbocycles. The highest BCUT2D eigenvalue weighted by Crippen LogP contribution is 2.45. The molecule has 5 rings (SSSR count). The molecule has 0 saturated heterocycles. The molecule has 0 atom stereocenters. The number of anilines is 1. The van der Waals surface area contributed by atoms with Crippen molar-refractivity contribution in [1.82, 2.24) is 0 Å². The molecule has 180 valence electrons. The van der Waals surface area contributed by atoms with Crippen LogP contribution < -0.4 is 9.64 Å². The van der Waals surface area contributed by atoms with Gasteiger partial charge in [0.2, 0.25) is 0 Å². The van der Waals surface area contributed by atoms with Crippen molar-refractivity contribution in [2.45, 2.75) is 53.4 Å². The second kappa shape index (κ2) is 8.95. The van der Waals surface area contributed by atoms with Crippen LogP contribution in [0.4, 0.5) is 10.1 Å². The Balaban J connectivity index is 1.69. The van der Waals surface area contributed by atoms with Crippen molar-refractivity contribution in [3.63, 3.8) is 0 Å². The Morgan fingerprint density at radius 1 is 1.03 bits per heavy atom. The maximum absolute atomic E-state index is 15.2. The lowest BCUT2D eigenvalue weighted by atomic mass is 9.84. The monoisotopic (exact) mass is 471 g/mol. The molecule has 35 heavy (non-hydrogen) atoms. The number of carbonyl (C=O) groups is 2. The predicted molar refractivity (Wildman–Crippen MR) is 136 cm³/mol. The highest BCUT2D eigenvalue weighted by atomic mass is 19.1. The number of halogens is 1. The molecule has 5 heteroatoms. The number of hydrogen-bond acceptors (Lipinski definition) is 3. The average Bonchev–Trinajstić information content (AvgIpc) is 3.26. The van der Waals surface area contributed by atoms with E-state index < -0.39 is 0 Å². The van der Waals surface area contributed by atoms with Crippen LogP contribution in [-0.4, -0.2) is 25.3 Å². The fourth-order valence-electron chi connectivity index (χ4n) is 5.55. The minimum Gasteiger partial charge on any atom is -0.490 e. The molecule has 0 aliphatic carbocycles. The van der Waals surface area contributed by atoms with E-state index in [1.54, 1.807) is 6.07 Å². The molecule has 0 fully saturated rings. The van der Waals surface area contributed by atoms with Crippen LogP contribution in [0.1, 0.15) is 55.7 Å². The first-order chi connectivity index (χ1) is 16.8. The van der Waals surface area contributed by atoms with E-state index >= 15 is 4.39 Å². The first-order valence-corrected chi connectivity index (χ1v) is 12.2. The highest BCUT2D eigenvalue weighted by Gasteiger charge is 2.32. The molecule has 0 aromatic heterocycles. The zero-order chi connectivity index (χ0) is 24.9. The second-order valence-corrected chi connectivity index (χ2v) is 9.71. The molecule has 0 radical (unpaired) electrons. The Bertz CT molecular complexity index is 1370. The SMILES string of the molecule is Cc1ccc(C(=O)N2CCc3c2cc(C)c(CC=O)c3-c2cc(F)c3c(c2C)CCCO3)cc1C. The third-order valence-corrected chi connectivity index (χ3v) is 7.61.